The van der Waals surface area contributed by atoms with Gasteiger partial charge < -0.3 is 20.6 Å². The second-order valence-corrected chi connectivity index (χ2v) is 6.70. The van der Waals surface area contributed by atoms with E-state index in [1.54, 1.807) is 17.3 Å². The first-order chi connectivity index (χ1) is 12.5. The van der Waals surface area contributed by atoms with Gasteiger partial charge in [-0.05, 0) is 25.2 Å². The van der Waals surface area contributed by atoms with E-state index in [4.69, 9.17) is 16.1 Å². The molecule has 0 aliphatic heterocycles. The molecule has 1 amide bonds. The van der Waals surface area contributed by atoms with Crippen molar-refractivity contribution < 1.29 is 9.32 Å². The number of benzene rings is 1. The predicted octanol–water partition coefficient (Wildman–Crippen LogP) is 2.24. The number of hydrogen-bond donors (Lipinski definition) is 3. The fourth-order valence-electron chi connectivity index (χ4n) is 3.04. The normalized spacial score (nSPS) is 19.7. The van der Waals surface area contributed by atoms with Crippen molar-refractivity contribution in [3.05, 3.63) is 54.1 Å². The van der Waals surface area contributed by atoms with Gasteiger partial charge in [-0.1, -0.05) is 42.4 Å². The van der Waals surface area contributed by atoms with E-state index in [0.29, 0.717) is 11.6 Å². The van der Waals surface area contributed by atoms with E-state index in [9.17, 15) is 4.79 Å². The van der Waals surface area contributed by atoms with E-state index in [1.807, 2.05) is 37.3 Å². The van der Waals surface area contributed by atoms with Crippen LogP contribution in [0.2, 0.25) is 0 Å². The van der Waals surface area contributed by atoms with E-state index in [0.717, 1.165) is 37.1 Å². The topological polar surface area (TPSA) is 110 Å². The maximum Gasteiger partial charge on any atom is 0.290 e. The molecule has 5 N–H and O–H groups in total. The molecule has 1 aliphatic rings. The highest BCUT2D eigenvalue weighted by Gasteiger charge is 2.31. The summed E-state index contributed by atoms with van der Waals surface area (Å²) in [6.45, 7) is 2.72. The molecule has 1 heterocycles. The summed E-state index contributed by atoms with van der Waals surface area (Å²) in [7, 11) is 0. The molecule has 0 radical (unpaired) electrons. The molecule has 1 aromatic heterocycles. The van der Waals surface area contributed by atoms with Gasteiger partial charge in [0, 0.05) is 36.1 Å². The van der Waals surface area contributed by atoms with Crippen LogP contribution in [0.4, 0.5) is 0 Å². The molecule has 2 aromatic rings. The number of rotatable bonds is 7. The standard InChI is InChI=1S/C19H25N5O2/c1-2-15(20)12-24(21)11-13-8-16(9-13)22-19(25)18-10-17(23-26-18)14-6-4-3-5-7-14/h3-7,10,12-13,16H,2,8-9,11,20-21H2,1H3,(H,22,25)/b15-12-/t13-,16+. The molecule has 138 valence electrons. The van der Waals surface area contributed by atoms with Crippen LogP contribution < -0.4 is 16.9 Å². The van der Waals surface area contributed by atoms with Gasteiger partial charge in [0.15, 0.2) is 0 Å². The minimum absolute atomic E-state index is 0.138. The van der Waals surface area contributed by atoms with Crippen molar-refractivity contribution in [2.24, 2.45) is 17.5 Å². The van der Waals surface area contributed by atoms with Crippen LogP contribution in [-0.2, 0) is 0 Å². The Morgan fingerprint density at radius 1 is 1.38 bits per heavy atom. The molecular formula is C19H25N5O2. The van der Waals surface area contributed by atoms with Crippen molar-refractivity contribution in [1.29, 1.82) is 0 Å². The van der Waals surface area contributed by atoms with E-state index in [2.05, 4.69) is 10.5 Å². The molecular weight excluding hydrogens is 330 g/mol. The Labute approximate surface area is 153 Å². The van der Waals surface area contributed by atoms with Crippen molar-refractivity contribution in [2.45, 2.75) is 32.2 Å². The summed E-state index contributed by atoms with van der Waals surface area (Å²) in [6, 6.07) is 11.4. The molecule has 1 saturated carbocycles. The molecule has 0 spiro atoms. The third kappa shape index (κ3) is 4.43. The van der Waals surface area contributed by atoms with Crippen molar-refractivity contribution in [1.82, 2.24) is 15.5 Å². The second kappa shape index (κ2) is 8.05. The fraction of sp³-hybridized carbons (Fsp3) is 0.368. The predicted molar refractivity (Wildman–Crippen MR) is 99.4 cm³/mol. The van der Waals surface area contributed by atoms with E-state index in [1.165, 1.54) is 0 Å². The molecule has 3 rings (SSSR count). The van der Waals surface area contributed by atoms with Crippen LogP contribution in [-0.4, -0.2) is 28.7 Å². The maximum atomic E-state index is 12.3. The summed E-state index contributed by atoms with van der Waals surface area (Å²) in [5.41, 5.74) is 8.11. The van der Waals surface area contributed by atoms with Gasteiger partial charge in [0.25, 0.3) is 5.91 Å². The highest BCUT2D eigenvalue weighted by atomic mass is 16.5. The zero-order chi connectivity index (χ0) is 18.5. The Kier molecular flexibility index (Phi) is 5.58. The number of nitrogens with two attached hydrogens (primary N) is 2. The van der Waals surface area contributed by atoms with Crippen LogP contribution in [0, 0.1) is 5.92 Å². The SMILES string of the molecule is CC/C(N)=C/N(N)C[C@H]1C[C@@H](NC(=O)c2cc(-c3ccccc3)no2)C1. The lowest BCUT2D eigenvalue weighted by molar-refractivity contribution is 0.0837. The van der Waals surface area contributed by atoms with Crippen LogP contribution in [0.5, 0.6) is 0 Å². The summed E-state index contributed by atoms with van der Waals surface area (Å²) >= 11 is 0. The Morgan fingerprint density at radius 2 is 2.12 bits per heavy atom. The molecule has 26 heavy (non-hydrogen) atoms. The number of carbonyl (C=O) groups is 1. The van der Waals surface area contributed by atoms with Gasteiger partial charge in [-0.25, -0.2) is 5.84 Å². The van der Waals surface area contributed by atoms with Gasteiger partial charge in [-0.15, -0.1) is 0 Å². The number of carbonyl (C=O) groups excluding carboxylic acids is 1. The Hall–Kier alpha value is -2.80. The molecule has 0 bridgehead atoms. The fourth-order valence-corrected chi connectivity index (χ4v) is 3.04. The zero-order valence-electron chi connectivity index (χ0n) is 14.9. The number of hydrazine groups is 1. The summed E-state index contributed by atoms with van der Waals surface area (Å²) in [6.07, 6.45) is 4.32. The number of hydrogen-bond acceptors (Lipinski definition) is 6. The lowest BCUT2D eigenvalue weighted by Crippen LogP contribution is -2.48. The molecule has 1 aliphatic carbocycles. The molecule has 7 nitrogen and oxygen atoms in total. The third-order valence-electron chi connectivity index (χ3n) is 4.58. The van der Waals surface area contributed by atoms with Crippen molar-refractivity contribution >= 4 is 5.91 Å². The van der Waals surface area contributed by atoms with Gasteiger partial charge >= 0.3 is 0 Å². The second-order valence-electron chi connectivity index (χ2n) is 6.70. The summed E-state index contributed by atoms with van der Waals surface area (Å²) in [4.78, 5) is 12.3. The average molecular weight is 355 g/mol. The lowest BCUT2D eigenvalue weighted by atomic mass is 9.80. The first-order valence-electron chi connectivity index (χ1n) is 8.85. The number of nitrogens with zero attached hydrogens (tertiary/aromatic N) is 2. The highest BCUT2D eigenvalue weighted by Crippen LogP contribution is 2.28. The molecule has 7 heteroatoms. The summed E-state index contributed by atoms with van der Waals surface area (Å²) < 4.78 is 5.19. The first-order valence-corrected chi connectivity index (χ1v) is 8.85. The van der Waals surface area contributed by atoms with Crippen molar-refractivity contribution in [3.8, 4) is 11.3 Å². The molecule has 0 saturated heterocycles. The smallest absolute Gasteiger partial charge is 0.290 e. The van der Waals surface area contributed by atoms with E-state index >= 15 is 0 Å². The Morgan fingerprint density at radius 3 is 2.81 bits per heavy atom. The van der Waals surface area contributed by atoms with Crippen LogP contribution >= 0.6 is 0 Å². The lowest BCUT2D eigenvalue weighted by Gasteiger charge is -2.37. The monoisotopic (exact) mass is 355 g/mol. The highest BCUT2D eigenvalue weighted by molar-refractivity contribution is 5.92. The minimum atomic E-state index is -0.233. The van der Waals surface area contributed by atoms with E-state index < -0.39 is 0 Å². The van der Waals surface area contributed by atoms with Gasteiger partial charge in [0.2, 0.25) is 5.76 Å². The first kappa shape index (κ1) is 18.0. The number of amides is 1. The molecule has 1 aromatic carbocycles. The quantitative estimate of drug-likeness (QED) is 0.519. The van der Waals surface area contributed by atoms with Crippen molar-refractivity contribution in [2.75, 3.05) is 6.54 Å². The molecule has 0 atom stereocenters. The van der Waals surface area contributed by atoms with Gasteiger partial charge in [0.05, 0.1) is 0 Å². The largest absolute Gasteiger partial charge is 0.401 e. The molecule has 1 fully saturated rings. The van der Waals surface area contributed by atoms with Gasteiger partial charge in [-0.3, -0.25) is 4.79 Å². The summed E-state index contributed by atoms with van der Waals surface area (Å²) in [5.74, 6) is 6.36. The zero-order valence-corrected chi connectivity index (χ0v) is 14.9. The van der Waals surface area contributed by atoms with Crippen molar-refractivity contribution in [3.63, 3.8) is 0 Å². The average Bonchev–Trinajstić information content (AvgIpc) is 3.10. The number of nitrogens with one attached hydrogen (secondary N) is 1. The molecule has 0 unspecified atom stereocenters. The Balaban J connectivity index is 1.46. The van der Waals surface area contributed by atoms with Gasteiger partial charge in [-0.2, -0.15) is 0 Å². The summed E-state index contributed by atoms with van der Waals surface area (Å²) in [5, 5.41) is 8.58. The Bertz CT molecular complexity index is 765. The number of aromatic nitrogens is 1. The van der Waals surface area contributed by atoms with E-state index in [-0.39, 0.29) is 17.7 Å². The number of allylic oxidation sites excluding steroid dienone is 1. The minimum Gasteiger partial charge on any atom is -0.401 e. The van der Waals surface area contributed by atoms with Crippen LogP contribution in [0.15, 0.2) is 52.8 Å². The van der Waals surface area contributed by atoms with Gasteiger partial charge in [0.1, 0.15) is 5.69 Å². The third-order valence-corrected chi connectivity index (χ3v) is 4.58. The van der Waals surface area contributed by atoms with Crippen LogP contribution in [0.3, 0.4) is 0 Å². The maximum absolute atomic E-state index is 12.3. The van der Waals surface area contributed by atoms with Crippen LogP contribution in [0.1, 0.15) is 36.7 Å². The van der Waals surface area contributed by atoms with Crippen LogP contribution in [0.25, 0.3) is 11.3 Å².